The van der Waals surface area contributed by atoms with Crippen molar-refractivity contribution in [2.45, 2.75) is 44.8 Å². The van der Waals surface area contributed by atoms with Gasteiger partial charge in [0.25, 0.3) is 0 Å². The summed E-state index contributed by atoms with van der Waals surface area (Å²) >= 11 is 0. The van der Waals surface area contributed by atoms with Crippen LogP contribution in [0.5, 0.6) is 5.88 Å². The van der Waals surface area contributed by atoms with Crippen LogP contribution in [0.4, 0.5) is 23.8 Å². The predicted octanol–water partition coefficient (Wildman–Crippen LogP) is 4.77. The lowest BCUT2D eigenvalue weighted by atomic mass is 10.1. The maximum Gasteiger partial charge on any atom is 0.416 e. The molecule has 0 unspecified atom stereocenters. The lowest BCUT2D eigenvalue weighted by molar-refractivity contribution is -0.137. The third-order valence-corrected chi connectivity index (χ3v) is 6.03. The van der Waals surface area contributed by atoms with Crippen LogP contribution in [0.1, 0.15) is 35.4 Å². The Kier molecular flexibility index (Phi) is 7.61. The van der Waals surface area contributed by atoms with Crippen molar-refractivity contribution in [3.63, 3.8) is 0 Å². The van der Waals surface area contributed by atoms with E-state index in [9.17, 15) is 22.8 Å². The van der Waals surface area contributed by atoms with Crippen molar-refractivity contribution in [3.05, 3.63) is 77.1 Å². The van der Waals surface area contributed by atoms with Crippen molar-refractivity contribution in [1.82, 2.24) is 14.9 Å². The van der Waals surface area contributed by atoms with Gasteiger partial charge in [-0.05, 0) is 36.5 Å². The first kappa shape index (κ1) is 25.3. The fourth-order valence-corrected chi connectivity index (χ4v) is 4.11. The number of hydrogen-bond acceptors (Lipinski definition) is 4. The molecule has 2 aromatic carbocycles. The van der Waals surface area contributed by atoms with Gasteiger partial charge >= 0.3 is 12.3 Å². The van der Waals surface area contributed by atoms with Gasteiger partial charge in [-0.2, -0.15) is 13.2 Å². The minimum Gasteiger partial charge on any atom is -0.389 e. The number of aryl methyl sites for hydroxylation is 1. The normalized spacial score (nSPS) is 13.1. The number of alkyl halides is 3. The van der Waals surface area contributed by atoms with Crippen LogP contribution in [-0.4, -0.2) is 35.1 Å². The number of fused-ring (bicyclic) bond motifs is 1. The molecule has 2 amide bonds. The molecule has 3 aromatic rings. The van der Waals surface area contributed by atoms with E-state index in [0.29, 0.717) is 18.5 Å². The Morgan fingerprint density at radius 3 is 2.58 bits per heavy atom. The fourth-order valence-electron chi connectivity index (χ4n) is 4.11. The number of benzene rings is 2. The molecule has 1 N–H and O–H groups in total. The third-order valence-electron chi connectivity index (χ3n) is 6.03. The number of nitrogens with zero attached hydrogens (tertiary/aromatic N) is 3. The molecule has 0 bridgehead atoms. The Balaban J connectivity index is 1.43. The maximum absolute atomic E-state index is 12.9. The average Bonchev–Trinajstić information content (AvgIpc) is 3.22. The average molecular weight is 501 g/mol. The second-order valence-corrected chi connectivity index (χ2v) is 8.65. The summed E-state index contributed by atoms with van der Waals surface area (Å²) in [7, 11) is 1.60. The molecule has 4 rings (SSSR count). The Bertz CT molecular complexity index is 1220. The summed E-state index contributed by atoms with van der Waals surface area (Å²) < 4.78 is 46.2. The lowest BCUT2D eigenvalue weighted by Crippen LogP contribution is -2.32. The van der Waals surface area contributed by atoms with E-state index < -0.39 is 17.8 Å². The molecule has 1 aliphatic heterocycles. The molecule has 1 aliphatic rings. The standard InChI is InChI=1S/C26H27F3N4O3/c1-32(22(34)17-18-8-3-2-4-9-18)23-24(33-15-6-5-12-21(33)31-23)36-25(35)30-14-13-19-10-7-11-20(16-19)26(27,28)29/h2-4,7-11,16H,5-6,12-15,17H2,1H3,(H,30,35). The maximum atomic E-state index is 12.9. The number of carbonyl (C=O) groups excluding carboxylic acids is 2. The minimum absolute atomic E-state index is 0.0826. The summed E-state index contributed by atoms with van der Waals surface area (Å²) in [6.07, 6.45) is -2.29. The molecule has 7 nitrogen and oxygen atoms in total. The first-order valence-corrected chi connectivity index (χ1v) is 11.7. The largest absolute Gasteiger partial charge is 0.416 e. The topological polar surface area (TPSA) is 76.5 Å². The Hall–Kier alpha value is -3.82. The number of imidazole rings is 1. The number of nitrogens with one attached hydrogen (secondary N) is 1. The van der Waals surface area contributed by atoms with E-state index in [1.54, 1.807) is 17.7 Å². The Labute approximate surface area is 206 Å². The van der Waals surface area contributed by atoms with Crippen LogP contribution in [0.25, 0.3) is 0 Å². The molecule has 0 saturated carbocycles. The summed E-state index contributed by atoms with van der Waals surface area (Å²) in [5.74, 6) is 0.986. The van der Waals surface area contributed by atoms with Crippen molar-refractivity contribution in [3.8, 4) is 5.88 Å². The van der Waals surface area contributed by atoms with E-state index in [0.717, 1.165) is 36.4 Å². The Morgan fingerprint density at radius 1 is 1.08 bits per heavy atom. The van der Waals surface area contributed by atoms with Gasteiger partial charge in [0.1, 0.15) is 5.82 Å². The van der Waals surface area contributed by atoms with E-state index in [4.69, 9.17) is 4.74 Å². The van der Waals surface area contributed by atoms with Crippen molar-refractivity contribution in [2.75, 3.05) is 18.5 Å². The van der Waals surface area contributed by atoms with E-state index in [-0.39, 0.29) is 37.0 Å². The summed E-state index contributed by atoms with van der Waals surface area (Å²) in [5, 5.41) is 2.58. The van der Waals surface area contributed by atoms with Crippen molar-refractivity contribution < 1.29 is 27.5 Å². The van der Waals surface area contributed by atoms with Gasteiger partial charge in [0.15, 0.2) is 5.82 Å². The highest BCUT2D eigenvalue weighted by Crippen LogP contribution is 2.33. The molecule has 0 aliphatic carbocycles. The fraction of sp³-hybridized carbons (Fsp3) is 0.346. The highest BCUT2D eigenvalue weighted by Gasteiger charge is 2.30. The quantitative estimate of drug-likeness (QED) is 0.507. The number of carbonyl (C=O) groups is 2. The minimum atomic E-state index is -4.43. The zero-order valence-electron chi connectivity index (χ0n) is 19.8. The van der Waals surface area contributed by atoms with Gasteiger partial charge in [0.05, 0.1) is 12.0 Å². The first-order valence-electron chi connectivity index (χ1n) is 11.7. The highest BCUT2D eigenvalue weighted by atomic mass is 19.4. The molecule has 2 heterocycles. The Morgan fingerprint density at radius 2 is 1.83 bits per heavy atom. The first-order chi connectivity index (χ1) is 17.2. The van der Waals surface area contributed by atoms with Crippen LogP contribution >= 0.6 is 0 Å². The zero-order valence-corrected chi connectivity index (χ0v) is 19.8. The third kappa shape index (κ3) is 6.05. The molecule has 36 heavy (non-hydrogen) atoms. The van der Waals surface area contributed by atoms with Gasteiger partial charge < -0.3 is 10.1 Å². The van der Waals surface area contributed by atoms with Crippen LogP contribution in [0.2, 0.25) is 0 Å². The number of halogens is 3. The molecule has 0 saturated heterocycles. The molecule has 0 fully saturated rings. The number of anilines is 1. The van der Waals surface area contributed by atoms with E-state index >= 15 is 0 Å². The predicted molar refractivity (Wildman–Crippen MR) is 128 cm³/mol. The molecular formula is C26H27F3N4O3. The number of aromatic nitrogens is 2. The molecule has 190 valence electrons. The van der Waals surface area contributed by atoms with E-state index in [1.165, 1.54) is 11.0 Å². The van der Waals surface area contributed by atoms with Crippen molar-refractivity contribution in [1.29, 1.82) is 0 Å². The molecule has 1 aromatic heterocycles. The van der Waals surface area contributed by atoms with Gasteiger partial charge in [-0.25, -0.2) is 9.78 Å². The summed E-state index contributed by atoms with van der Waals surface area (Å²) in [6.45, 7) is 0.690. The lowest BCUT2D eigenvalue weighted by Gasteiger charge is -2.18. The summed E-state index contributed by atoms with van der Waals surface area (Å²) in [4.78, 5) is 31.5. The zero-order chi connectivity index (χ0) is 25.7. The van der Waals surface area contributed by atoms with Crippen LogP contribution in [0, 0.1) is 0 Å². The number of hydrogen-bond donors (Lipinski definition) is 1. The number of ether oxygens (including phenoxy) is 1. The van der Waals surface area contributed by atoms with Gasteiger partial charge in [0, 0.05) is 26.6 Å². The number of likely N-dealkylation sites (N-methyl/N-ethyl adjacent to an activating group) is 1. The van der Waals surface area contributed by atoms with Crippen LogP contribution in [0.3, 0.4) is 0 Å². The van der Waals surface area contributed by atoms with Gasteiger partial charge in [0.2, 0.25) is 11.8 Å². The molecule has 0 spiro atoms. The van der Waals surface area contributed by atoms with E-state index in [2.05, 4.69) is 10.3 Å². The number of rotatable bonds is 7. The summed E-state index contributed by atoms with van der Waals surface area (Å²) in [6, 6.07) is 14.3. The number of amides is 2. The van der Waals surface area contributed by atoms with E-state index in [1.807, 2.05) is 30.3 Å². The monoisotopic (exact) mass is 500 g/mol. The smallest absolute Gasteiger partial charge is 0.389 e. The molecular weight excluding hydrogens is 473 g/mol. The SMILES string of the molecule is CN(C(=O)Cc1ccccc1)c1nc2n(c1OC(=O)NCCc1cccc(C(F)(F)F)c1)CCCC2. The van der Waals surface area contributed by atoms with Crippen molar-refractivity contribution >= 4 is 17.8 Å². The van der Waals surface area contributed by atoms with Crippen LogP contribution < -0.4 is 15.0 Å². The second kappa shape index (κ2) is 10.8. The second-order valence-electron chi connectivity index (χ2n) is 8.65. The van der Waals surface area contributed by atoms with Gasteiger partial charge in [-0.1, -0.05) is 48.5 Å². The molecule has 0 radical (unpaired) electrons. The van der Waals surface area contributed by atoms with Gasteiger partial charge in [-0.15, -0.1) is 0 Å². The highest BCUT2D eigenvalue weighted by molar-refractivity contribution is 5.94. The van der Waals surface area contributed by atoms with Crippen LogP contribution in [0.15, 0.2) is 54.6 Å². The van der Waals surface area contributed by atoms with Crippen molar-refractivity contribution in [2.24, 2.45) is 0 Å². The molecule has 10 heteroatoms. The summed E-state index contributed by atoms with van der Waals surface area (Å²) in [5.41, 5.74) is 0.563. The van der Waals surface area contributed by atoms with Gasteiger partial charge in [-0.3, -0.25) is 14.3 Å². The molecule has 0 atom stereocenters. The van der Waals surface area contributed by atoms with Crippen LogP contribution in [-0.2, 0) is 36.8 Å².